The number of aromatic nitrogens is 1. The van der Waals surface area contributed by atoms with Crippen LogP contribution in [-0.4, -0.2) is 37.2 Å². The van der Waals surface area contributed by atoms with Crippen LogP contribution in [0.1, 0.15) is 30.0 Å². The molecule has 1 atom stereocenters. The molecule has 1 aliphatic carbocycles. The number of anilines is 1. The number of likely N-dealkylation sites (N-methyl/N-ethyl adjacent to an activating group) is 1. The highest BCUT2D eigenvalue weighted by Crippen LogP contribution is 2.30. The normalized spacial score (nSPS) is 15.7. The summed E-state index contributed by atoms with van der Waals surface area (Å²) in [4.78, 5) is 16.3. The fourth-order valence-corrected chi connectivity index (χ4v) is 4.28. The molecule has 1 heterocycles. The second-order valence-electron chi connectivity index (χ2n) is 6.42. The molecule has 3 rings (SSSR count). The third kappa shape index (κ3) is 5.35. The van der Waals surface area contributed by atoms with Gasteiger partial charge in [-0.15, -0.1) is 24.8 Å². The highest BCUT2D eigenvalue weighted by atomic mass is 35.5. The number of carbonyl (C=O) groups is 1. The van der Waals surface area contributed by atoms with Gasteiger partial charge in [-0.05, 0) is 54.7 Å². The number of hydrogen-bond donors (Lipinski definition) is 2. The second kappa shape index (κ2) is 10.1. The van der Waals surface area contributed by atoms with Gasteiger partial charge in [-0.2, -0.15) is 4.31 Å². The monoisotopic (exact) mass is 446 g/mol. The molecule has 2 aromatic rings. The molecule has 0 saturated heterocycles. The van der Waals surface area contributed by atoms with Crippen LogP contribution in [0.15, 0.2) is 47.6 Å². The molecule has 28 heavy (non-hydrogen) atoms. The highest BCUT2D eigenvalue weighted by Gasteiger charge is 2.26. The number of nitrogens with zero attached hydrogens (tertiary/aromatic N) is 2. The molecule has 1 unspecified atom stereocenters. The van der Waals surface area contributed by atoms with Crippen LogP contribution in [0.2, 0.25) is 0 Å². The highest BCUT2D eigenvalue weighted by molar-refractivity contribution is 7.89. The summed E-state index contributed by atoms with van der Waals surface area (Å²) >= 11 is 0. The van der Waals surface area contributed by atoms with Gasteiger partial charge in [-0.3, -0.25) is 9.78 Å². The van der Waals surface area contributed by atoms with E-state index in [0.29, 0.717) is 5.69 Å². The van der Waals surface area contributed by atoms with Crippen molar-refractivity contribution >= 4 is 46.4 Å². The Balaban J connectivity index is 0.00000196. The number of sulfonamides is 1. The van der Waals surface area contributed by atoms with Gasteiger partial charge >= 0.3 is 0 Å². The summed E-state index contributed by atoms with van der Waals surface area (Å²) < 4.78 is 26.0. The van der Waals surface area contributed by atoms with Crippen molar-refractivity contribution < 1.29 is 13.2 Å². The van der Waals surface area contributed by atoms with Gasteiger partial charge < -0.3 is 11.1 Å². The van der Waals surface area contributed by atoms with E-state index in [0.717, 1.165) is 34.7 Å². The largest absolute Gasteiger partial charge is 0.399 e. The first-order valence-electron chi connectivity index (χ1n) is 8.42. The first-order chi connectivity index (χ1) is 12.4. The molecule has 7 nitrogen and oxygen atoms in total. The number of halogens is 2. The fourth-order valence-electron chi connectivity index (χ4n) is 3.19. The zero-order valence-corrected chi connectivity index (χ0v) is 17.8. The van der Waals surface area contributed by atoms with E-state index in [9.17, 15) is 13.2 Å². The van der Waals surface area contributed by atoms with E-state index < -0.39 is 10.0 Å². The maximum absolute atomic E-state index is 12.5. The number of aryl methyl sites for hydroxylation is 1. The quantitative estimate of drug-likeness (QED) is 0.685. The molecule has 1 aromatic carbocycles. The van der Waals surface area contributed by atoms with Crippen LogP contribution in [0.5, 0.6) is 0 Å². The number of amides is 1. The van der Waals surface area contributed by atoms with Gasteiger partial charge in [0.15, 0.2) is 0 Å². The topological polar surface area (TPSA) is 105 Å². The van der Waals surface area contributed by atoms with E-state index in [2.05, 4.69) is 10.3 Å². The van der Waals surface area contributed by atoms with Gasteiger partial charge in [-0.1, -0.05) is 6.07 Å². The summed E-state index contributed by atoms with van der Waals surface area (Å²) in [5.41, 5.74) is 8.73. The molecular formula is C18H24Cl2N4O3S. The number of fused-ring (bicyclic) bond motifs is 1. The molecule has 0 saturated carbocycles. The number of hydrogen-bond acceptors (Lipinski definition) is 5. The summed E-state index contributed by atoms with van der Waals surface area (Å²) in [7, 11) is -2.36. The SMILES string of the molecule is CN(CC(=O)NC1CCCc2cc(N)ccc21)S(=O)(=O)c1cccnc1.Cl.Cl. The zero-order valence-electron chi connectivity index (χ0n) is 15.4. The summed E-state index contributed by atoms with van der Waals surface area (Å²) in [6.45, 7) is -0.252. The van der Waals surface area contributed by atoms with Crippen LogP contribution in [0.4, 0.5) is 5.69 Å². The number of nitrogen functional groups attached to an aromatic ring is 1. The first kappa shape index (κ1) is 24.2. The Morgan fingerprint density at radius 1 is 1.32 bits per heavy atom. The summed E-state index contributed by atoms with van der Waals surface area (Å²) in [6.07, 6.45) is 5.47. The van der Waals surface area contributed by atoms with Crippen molar-refractivity contribution in [3.05, 3.63) is 53.9 Å². The lowest BCUT2D eigenvalue weighted by atomic mass is 9.87. The number of carbonyl (C=O) groups excluding carboxylic acids is 1. The summed E-state index contributed by atoms with van der Waals surface area (Å²) in [6, 6.07) is 8.57. The smallest absolute Gasteiger partial charge is 0.244 e. The number of rotatable bonds is 5. The Bertz CT molecular complexity index is 910. The van der Waals surface area contributed by atoms with Crippen molar-refractivity contribution in [2.45, 2.75) is 30.2 Å². The Morgan fingerprint density at radius 2 is 2.07 bits per heavy atom. The zero-order chi connectivity index (χ0) is 18.7. The molecule has 154 valence electrons. The average Bonchev–Trinajstić information content (AvgIpc) is 2.62. The van der Waals surface area contributed by atoms with Crippen molar-refractivity contribution in [1.82, 2.24) is 14.6 Å². The van der Waals surface area contributed by atoms with Crippen molar-refractivity contribution in [2.24, 2.45) is 0 Å². The van der Waals surface area contributed by atoms with Crippen LogP contribution >= 0.6 is 24.8 Å². The van der Waals surface area contributed by atoms with Gasteiger partial charge in [0.05, 0.1) is 12.6 Å². The van der Waals surface area contributed by atoms with Crippen molar-refractivity contribution in [3.8, 4) is 0 Å². The van der Waals surface area contributed by atoms with Crippen LogP contribution in [0.25, 0.3) is 0 Å². The number of nitrogens with two attached hydrogens (primary N) is 1. The van der Waals surface area contributed by atoms with E-state index in [1.165, 1.54) is 25.5 Å². The van der Waals surface area contributed by atoms with Gasteiger partial charge in [0, 0.05) is 25.1 Å². The molecule has 3 N–H and O–H groups in total. The summed E-state index contributed by atoms with van der Waals surface area (Å²) in [5.74, 6) is -0.338. The Morgan fingerprint density at radius 3 is 2.75 bits per heavy atom. The third-order valence-corrected chi connectivity index (χ3v) is 6.31. The number of pyridine rings is 1. The number of nitrogens with one attached hydrogen (secondary N) is 1. The molecule has 1 aromatic heterocycles. The third-order valence-electron chi connectivity index (χ3n) is 4.53. The minimum Gasteiger partial charge on any atom is -0.399 e. The molecule has 10 heteroatoms. The second-order valence-corrected chi connectivity index (χ2v) is 8.47. The van der Waals surface area contributed by atoms with E-state index in [-0.39, 0.29) is 48.2 Å². The molecular weight excluding hydrogens is 423 g/mol. The first-order valence-corrected chi connectivity index (χ1v) is 9.86. The lowest BCUT2D eigenvalue weighted by Crippen LogP contribution is -2.40. The van der Waals surface area contributed by atoms with Crippen molar-refractivity contribution in [2.75, 3.05) is 19.3 Å². The molecule has 0 radical (unpaired) electrons. The van der Waals surface area contributed by atoms with Crippen LogP contribution in [-0.2, 0) is 21.2 Å². The van der Waals surface area contributed by atoms with Crippen molar-refractivity contribution in [1.29, 1.82) is 0 Å². The number of benzene rings is 1. The minimum atomic E-state index is -3.75. The van der Waals surface area contributed by atoms with Crippen molar-refractivity contribution in [3.63, 3.8) is 0 Å². The Labute approximate surface area is 177 Å². The van der Waals surface area contributed by atoms with E-state index in [1.807, 2.05) is 18.2 Å². The van der Waals surface area contributed by atoms with Crippen LogP contribution < -0.4 is 11.1 Å². The predicted molar refractivity (Wildman–Crippen MR) is 113 cm³/mol. The lowest BCUT2D eigenvalue weighted by molar-refractivity contribution is -0.122. The Hall–Kier alpha value is -1.87. The maximum atomic E-state index is 12.5. The predicted octanol–water partition coefficient (Wildman–Crippen LogP) is 2.32. The summed E-state index contributed by atoms with van der Waals surface area (Å²) in [5, 5.41) is 2.95. The minimum absolute atomic E-state index is 0. The molecule has 0 bridgehead atoms. The van der Waals surface area contributed by atoms with Gasteiger partial charge in [0.2, 0.25) is 15.9 Å². The standard InChI is InChI=1S/C18H22N4O3S.2ClH/c1-22(26(24,25)15-5-3-9-20-11-15)12-18(23)21-17-6-2-4-13-10-14(19)7-8-16(13)17;;/h3,5,7-11,17H,2,4,6,12,19H2,1H3,(H,21,23);2*1H. The molecule has 0 fully saturated rings. The Kier molecular flexibility index (Phi) is 8.69. The molecule has 1 amide bonds. The molecule has 1 aliphatic rings. The van der Waals surface area contributed by atoms with E-state index in [4.69, 9.17) is 5.73 Å². The molecule has 0 aliphatic heterocycles. The van der Waals surface area contributed by atoms with E-state index in [1.54, 1.807) is 6.07 Å². The molecule has 0 spiro atoms. The van der Waals surface area contributed by atoms with Crippen LogP contribution in [0, 0.1) is 0 Å². The van der Waals surface area contributed by atoms with Crippen LogP contribution in [0.3, 0.4) is 0 Å². The maximum Gasteiger partial charge on any atom is 0.244 e. The van der Waals surface area contributed by atoms with E-state index >= 15 is 0 Å². The van der Waals surface area contributed by atoms with Gasteiger partial charge in [0.25, 0.3) is 0 Å². The average molecular weight is 447 g/mol. The van der Waals surface area contributed by atoms with Gasteiger partial charge in [-0.25, -0.2) is 8.42 Å². The lowest BCUT2D eigenvalue weighted by Gasteiger charge is -2.27. The van der Waals surface area contributed by atoms with Gasteiger partial charge in [0.1, 0.15) is 4.90 Å². The fraction of sp³-hybridized carbons (Fsp3) is 0.333.